The van der Waals surface area contributed by atoms with E-state index in [1.54, 1.807) is 0 Å². The largest absolute Gasteiger partial charge is 0.395 e. The highest BCUT2D eigenvalue weighted by atomic mass is 16.5. The van der Waals surface area contributed by atoms with E-state index in [0.717, 1.165) is 19.5 Å². The van der Waals surface area contributed by atoms with Gasteiger partial charge in [-0.3, -0.25) is 4.90 Å². The van der Waals surface area contributed by atoms with Crippen LogP contribution in [-0.2, 0) is 4.74 Å². The van der Waals surface area contributed by atoms with Crippen LogP contribution in [0.1, 0.15) is 51.4 Å². The molecule has 2 saturated heterocycles. The number of ether oxygens (including phenoxy) is 1. The van der Waals surface area contributed by atoms with Crippen molar-refractivity contribution in [1.82, 2.24) is 4.90 Å². The van der Waals surface area contributed by atoms with E-state index in [1.807, 2.05) is 0 Å². The molecule has 2 atom stereocenters. The lowest BCUT2D eigenvalue weighted by Gasteiger charge is -2.28. The van der Waals surface area contributed by atoms with Gasteiger partial charge in [0.2, 0.25) is 0 Å². The number of hydrogen-bond donors (Lipinski definition) is 1. The van der Waals surface area contributed by atoms with Gasteiger partial charge in [0.15, 0.2) is 0 Å². The number of likely N-dealkylation sites (tertiary alicyclic amines) is 1. The third kappa shape index (κ3) is 2.38. The molecule has 3 rings (SSSR count). The first-order chi connectivity index (χ1) is 8.31. The topological polar surface area (TPSA) is 32.7 Å². The first kappa shape index (κ1) is 11.9. The summed E-state index contributed by atoms with van der Waals surface area (Å²) in [5.74, 6) is 0. The highest BCUT2D eigenvalue weighted by Crippen LogP contribution is 2.43. The molecule has 3 fully saturated rings. The average molecular weight is 239 g/mol. The molecule has 3 heteroatoms. The number of aliphatic hydroxyl groups excluding tert-OH is 1. The molecule has 17 heavy (non-hydrogen) atoms. The maximum Gasteiger partial charge on any atom is 0.0710 e. The van der Waals surface area contributed by atoms with Gasteiger partial charge >= 0.3 is 0 Å². The van der Waals surface area contributed by atoms with Gasteiger partial charge < -0.3 is 9.84 Å². The Labute approximate surface area is 104 Å². The lowest BCUT2D eigenvalue weighted by atomic mass is 9.98. The van der Waals surface area contributed by atoms with Crippen LogP contribution >= 0.6 is 0 Å². The predicted octanol–water partition coefficient (Wildman–Crippen LogP) is 1.93. The fourth-order valence-electron chi connectivity index (χ4n) is 4.02. The summed E-state index contributed by atoms with van der Waals surface area (Å²) in [6.45, 7) is 2.52. The van der Waals surface area contributed by atoms with E-state index in [9.17, 15) is 5.11 Å². The van der Waals surface area contributed by atoms with Crippen molar-refractivity contribution in [2.24, 2.45) is 0 Å². The Morgan fingerprint density at radius 2 is 1.94 bits per heavy atom. The van der Waals surface area contributed by atoms with Crippen molar-refractivity contribution in [1.29, 1.82) is 0 Å². The highest BCUT2D eigenvalue weighted by molar-refractivity contribution is 4.94. The van der Waals surface area contributed by atoms with Crippen molar-refractivity contribution in [3.63, 3.8) is 0 Å². The molecule has 1 spiro atoms. The Hall–Kier alpha value is -0.120. The third-order valence-electron chi connectivity index (χ3n) is 5.00. The molecule has 0 radical (unpaired) electrons. The van der Waals surface area contributed by atoms with Crippen LogP contribution in [0.5, 0.6) is 0 Å². The smallest absolute Gasteiger partial charge is 0.0710 e. The molecule has 0 aromatic carbocycles. The molecule has 98 valence electrons. The van der Waals surface area contributed by atoms with E-state index in [4.69, 9.17) is 4.74 Å². The Balaban J connectivity index is 1.53. The van der Waals surface area contributed by atoms with Crippen molar-refractivity contribution >= 4 is 0 Å². The summed E-state index contributed by atoms with van der Waals surface area (Å²) in [7, 11) is 0. The Kier molecular flexibility index (Phi) is 3.42. The summed E-state index contributed by atoms with van der Waals surface area (Å²) in [6, 6.07) is 0.402. The van der Waals surface area contributed by atoms with Gasteiger partial charge in [0, 0.05) is 12.6 Å². The zero-order chi connectivity index (χ0) is 11.7. The Morgan fingerprint density at radius 3 is 2.71 bits per heavy atom. The molecular weight excluding hydrogens is 214 g/mol. The first-order valence-electron chi connectivity index (χ1n) is 7.34. The van der Waals surface area contributed by atoms with E-state index in [1.165, 1.54) is 44.9 Å². The van der Waals surface area contributed by atoms with E-state index >= 15 is 0 Å². The standard InChI is InChI=1S/C14H25NO2/c16-11-12-4-3-9-15(12)10-13-5-8-14(17-13)6-1-2-7-14/h12-13,16H,1-11H2/t12-,13?/m0/s1. The molecule has 1 saturated carbocycles. The molecule has 1 N–H and O–H groups in total. The Bertz CT molecular complexity index is 263. The summed E-state index contributed by atoms with van der Waals surface area (Å²) in [5.41, 5.74) is 0.263. The number of hydrogen-bond acceptors (Lipinski definition) is 3. The minimum Gasteiger partial charge on any atom is -0.395 e. The molecule has 2 aliphatic heterocycles. The first-order valence-corrected chi connectivity index (χ1v) is 7.34. The molecule has 0 bridgehead atoms. The fourth-order valence-corrected chi connectivity index (χ4v) is 4.02. The van der Waals surface area contributed by atoms with Crippen molar-refractivity contribution in [3.05, 3.63) is 0 Å². The number of rotatable bonds is 3. The minimum atomic E-state index is 0.263. The monoisotopic (exact) mass is 239 g/mol. The van der Waals surface area contributed by atoms with E-state index in [2.05, 4.69) is 4.90 Å². The molecule has 0 aromatic rings. The van der Waals surface area contributed by atoms with Crippen LogP contribution < -0.4 is 0 Å². The van der Waals surface area contributed by atoms with Gasteiger partial charge in [0.05, 0.1) is 18.3 Å². The average Bonchev–Trinajstić information content (AvgIpc) is 3.03. The van der Waals surface area contributed by atoms with Gasteiger partial charge in [0.25, 0.3) is 0 Å². The lowest BCUT2D eigenvalue weighted by molar-refractivity contribution is -0.0499. The van der Waals surface area contributed by atoms with Gasteiger partial charge in [0.1, 0.15) is 0 Å². The van der Waals surface area contributed by atoms with Crippen LogP contribution in [-0.4, -0.2) is 47.4 Å². The SMILES string of the molecule is OC[C@@H]1CCCN1CC1CCC2(CCCC2)O1. The minimum absolute atomic E-state index is 0.263. The summed E-state index contributed by atoms with van der Waals surface area (Å²) < 4.78 is 6.34. The molecule has 3 aliphatic rings. The lowest BCUT2D eigenvalue weighted by Crippen LogP contribution is -2.39. The van der Waals surface area contributed by atoms with Crippen molar-refractivity contribution in [3.8, 4) is 0 Å². The second-order valence-corrected chi connectivity index (χ2v) is 6.14. The molecule has 1 aliphatic carbocycles. The normalized spacial score (nSPS) is 37.2. The molecule has 2 heterocycles. The van der Waals surface area contributed by atoms with E-state index < -0.39 is 0 Å². The molecule has 0 amide bonds. The third-order valence-corrected chi connectivity index (χ3v) is 5.00. The van der Waals surface area contributed by atoms with Crippen LogP contribution in [0.2, 0.25) is 0 Å². The van der Waals surface area contributed by atoms with Gasteiger partial charge in [-0.05, 0) is 45.1 Å². The second kappa shape index (κ2) is 4.87. The van der Waals surface area contributed by atoms with E-state index in [-0.39, 0.29) is 5.60 Å². The Morgan fingerprint density at radius 1 is 1.12 bits per heavy atom. The summed E-state index contributed by atoms with van der Waals surface area (Å²) in [4.78, 5) is 2.44. The second-order valence-electron chi connectivity index (χ2n) is 6.14. The maximum absolute atomic E-state index is 9.33. The van der Waals surface area contributed by atoms with Crippen LogP contribution in [0.25, 0.3) is 0 Å². The van der Waals surface area contributed by atoms with Crippen molar-refractivity contribution < 1.29 is 9.84 Å². The fraction of sp³-hybridized carbons (Fsp3) is 1.00. The van der Waals surface area contributed by atoms with Crippen LogP contribution in [0.15, 0.2) is 0 Å². The predicted molar refractivity (Wildman–Crippen MR) is 67.0 cm³/mol. The van der Waals surface area contributed by atoms with Gasteiger partial charge in [-0.2, -0.15) is 0 Å². The zero-order valence-corrected chi connectivity index (χ0v) is 10.7. The zero-order valence-electron chi connectivity index (χ0n) is 10.7. The highest BCUT2D eigenvalue weighted by Gasteiger charge is 2.43. The molecule has 3 nitrogen and oxygen atoms in total. The van der Waals surface area contributed by atoms with Crippen molar-refractivity contribution in [2.75, 3.05) is 19.7 Å². The van der Waals surface area contributed by atoms with Gasteiger partial charge in [-0.1, -0.05) is 12.8 Å². The number of nitrogens with zero attached hydrogens (tertiary/aromatic N) is 1. The van der Waals surface area contributed by atoms with Crippen LogP contribution in [0.3, 0.4) is 0 Å². The van der Waals surface area contributed by atoms with E-state index in [0.29, 0.717) is 18.8 Å². The summed E-state index contributed by atoms with van der Waals surface area (Å²) in [5, 5.41) is 9.33. The molecular formula is C14H25NO2. The van der Waals surface area contributed by atoms with Gasteiger partial charge in [-0.25, -0.2) is 0 Å². The summed E-state index contributed by atoms with van der Waals surface area (Å²) in [6.07, 6.45) is 10.6. The molecule has 1 unspecified atom stereocenters. The van der Waals surface area contributed by atoms with Gasteiger partial charge in [-0.15, -0.1) is 0 Å². The maximum atomic E-state index is 9.33. The number of aliphatic hydroxyl groups is 1. The van der Waals surface area contributed by atoms with Crippen LogP contribution in [0.4, 0.5) is 0 Å². The quantitative estimate of drug-likeness (QED) is 0.817. The molecule has 0 aromatic heterocycles. The van der Waals surface area contributed by atoms with Crippen molar-refractivity contribution in [2.45, 2.75) is 69.1 Å². The summed E-state index contributed by atoms with van der Waals surface area (Å²) >= 11 is 0. The van der Waals surface area contributed by atoms with Crippen LogP contribution in [0, 0.1) is 0 Å².